The predicted octanol–water partition coefficient (Wildman–Crippen LogP) is 2.19. The molecular formula is C10H14Cl2O3. The van der Waals surface area contributed by atoms with E-state index in [9.17, 15) is 9.59 Å². The summed E-state index contributed by atoms with van der Waals surface area (Å²) >= 11 is 11.0. The molecule has 0 radical (unpaired) electrons. The third kappa shape index (κ3) is 2.28. The first kappa shape index (κ1) is 12.8. The van der Waals surface area contributed by atoms with Crippen molar-refractivity contribution in [1.29, 1.82) is 0 Å². The smallest absolute Gasteiger partial charge is 0.310 e. The molecule has 1 aliphatic carbocycles. The monoisotopic (exact) mass is 252 g/mol. The zero-order valence-electron chi connectivity index (χ0n) is 8.92. The number of hydrogen-bond donors (Lipinski definition) is 0. The minimum atomic E-state index is -1.06. The van der Waals surface area contributed by atoms with Gasteiger partial charge >= 0.3 is 5.97 Å². The average molecular weight is 253 g/mol. The fourth-order valence-electron chi connectivity index (χ4n) is 1.98. The van der Waals surface area contributed by atoms with Gasteiger partial charge in [0, 0.05) is 5.92 Å². The summed E-state index contributed by atoms with van der Waals surface area (Å²) in [5.41, 5.74) is -0.384. The van der Waals surface area contributed by atoms with E-state index in [0.29, 0.717) is 6.61 Å². The van der Waals surface area contributed by atoms with E-state index in [1.54, 1.807) is 6.92 Å². The summed E-state index contributed by atoms with van der Waals surface area (Å²) in [5, 5.41) is 0. The zero-order chi connectivity index (χ0) is 11.8. The summed E-state index contributed by atoms with van der Waals surface area (Å²) in [6.07, 6.45) is 0. The lowest BCUT2D eigenvalue weighted by molar-refractivity contribution is -0.146. The van der Waals surface area contributed by atoms with Crippen LogP contribution >= 0.6 is 23.2 Å². The van der Waals surface area contributed by atoms with E-state index in [1.165, 1.54) is 0 Å². The van der Waals surface area contributed by atoms with Gasteiger partial charge in [-0.25, -0.2) is 0 Å². The van der Waals surface area contributed by atoms with E-state index >= 15 is 0 Å². The highest BCUT2D eigenvalue weighted by molar-refractivity contribution is 6.54. The Balaban J connectivity index is 2.71. The van der Waals surface area contributed by atoms with Crippen LogP contribution in [0.4, 0.5) is 0 Å². The number of ether oxygens (including phenoxy) is 1. The molecule has 1 saturated carbocycles. The maximum Gasteiger partial charge on any atom is 0.310 e. The third-order valence-corrected chi connectivity index (χ3v) is 3.32. The predicted molar refractivity (Wildman–Crippen MR) is 57.9 cm³/mol. The molecule has 2 atom stereocenters. The van der Waals surface area contributed by atoms with E-state index in [2.05, 4.69) is 0 Å². The van der Waals surface area contributed by atoms with Crippen LogP contribution < -0.4 is 0 Å². The van der Waals surface area contributed by atoms with Crippen molar-refractivity contribution in [2.24, 2.45) is 17.3 Å². The van der Waals surface area contributed by atoms with Crippen LogP contribution in [0.2, 0.25) is 0 Å². The molecule has 15 heavy (non-hydrogen) atoms. The Bertz CT molecular complexity index is 286. The van der Waals surface area contributed by atoms with Crippen LogP contribution in [-0.2, 0) is 14.3 Å². The van der Waals surface area contributed by atoms with E-state index in [1.807, 2.05) is 13.8 Å². The van der Waals surface area contributed by atoms with Gasteiger partial charge in [0.05, 0.1) is 12.5 Å². The van der Waals surface area contributed by atoms with E-state index < -0.39 is 16.7 Å². The van der Waals surface area contributed by atoms with Crippen molar-refractivity contribution in [2.75, 3.05) is 6.61 Å². The fourth-order valence-corrected chi connectivity index (χ4v) is 2.25. The van der Waals surface area contributed by atoms with Gasteiger partial charge in [-0.05, 0) is 12.3 Å². The molecule has 0 aromatic rings. The molecule has 0 aromatic heterocycles. The lowest BCUT2D eigenvalue weighted by Gasteiger charge is -2.01. The fraction of sp³-hybridized carbons (Fsp3) is 0.800. The molecule has 0 saturated heterocycles. The van der Waals surface area contributed by atoms with Crippen molar-refractivity contribution < 1.29 is 14.3 Å². The number of rotatable bonds is 4. The van der Waals surface area contributed by atoms with Crippen molar-refractivity contribution in [2.45, 2.75) is 25.6 Å². The van der Waals surface area contributed by atoms with Crippen molar-refractivity contribution in [3.63, 3.8) is 0 Å². The number of halogens is 2. The molecule has 86 valence electrons. The van der Waals surface area contributed by atoms with Gasteiger partial charge in [0.1, 0.15) is 0 Å². The average Bonchev–Trinajstić information content (AvgIpc) is 2.68. The minimum Gasteiger partial charge on any atom is -0.466 e. The molecule has 0 amide bonds. The minimum absolute atomic E-state index is 0.290. The molecule has 3 nitrogen and oxygen atoms in total. The largest absolute Gasteiger partial charge is 0.466 e. The van der Waals surface area contributed by atoms with Gasteiger partial charge in [-0.15, -0.1) is 0 Å². The van der Waals surface area contributed by atoms with E-state index in [-0.39, 0.29) is 17.2 Å². The molecule has 1 fully saturated rings. The van der Waals surface area contributed by atoms with E-state index in [4.69, 9.17) is 27.9 Å². The molecule has 0 aromatic carbocycles. The molecule has 0 bridgehead atoms. The first-order chi connectivity index (χ1) is 6.84. The summed E-state index contributed by atoms with van der Waals surface area (Å²) in [6.45, 7) is 5.73. The number of ketones is 1. The molecule has 5 heteroatoms. The Kier molecular flexibility index (Phi) is 3.67. The molecule has 1 aliphatic rings. The Hall–Kier alpha value is -0.280. The van der Waals surface area contributed by atoms with Gasteiger partial charge in [0.2, 0.25) is 0 Å². The van der Waals surface area contributed by atoms with Gasteiger partial charge in [-0.2, -0.15) is 0 Å². The summed E-state index contributed by atoms with van der Waals surface area (Å²) in [5.74, 6) is -1.43. The Labute approximate surface area is 99.1 Å². The van der Waals surface area contributed by atoms with Crippen LogP contribution in [0.25, 0.3) is 0 Å². The van der Waals surface area contributed by atoms with Crippen LogP contribution in [0.1, 0.15) is 20.8 Å². The normalized spacial score (nSPS) is 27.6. The van der Waals surface area contributed by atoms with E-state index in [0.717, 1.165) is 0 Å². The van der Waals surface area contributed by atoms with Crippen LogP contribution in [-0.4, -0.2) is 23.2 Å². The lowest BCUT2D eigenvalue weighted by Crippen LogP contribution is -2.15. The number of esters is 1. The highest BCUT2D eigenvalue weighted by Crippen LogP contribution is 2.59. The summed E-state index contributed by atoms with van der Waals surface area (Å²) in [6, 6.07) is 0. The lowest BCUT2D eigenvalue weighted by atomic mass is 10.1. The second-order valence-electron chi connectivity index (χ2n) is 4.23. The number of Topliss-reactive ketones (excluding diaryl/α,β-unsaturated/α-hetero) is 1. The number of carbonyl (C=O) groups is 2. The molecular weight excluding hydrogens is 239 g/mol. The van der Waals surface area contributed by atoms with Crippen LogP contribution in [0.5, 0.6) is 0 Å². The van der Waals surface area contributed by atoms with Crippen LogP contribution in [0.15, 0.2) is 0 Å². The van der Waals surface area contributed by atoms with Crippen molar-refractivity contribution in [3.05, 3.63) is 0 Å². The maximum atomic E-state index is 11.6. The van der Waals surface area contributed by atoms with Crippen LogP contribution in [0, 0.1) is 17.3 Å². The number of alkyl halides is 2. The number of carbonyl (C=O) groups excluding carboxylic acids is 2. The van der Waals surface area contributed by atoms with Crippen molar-refractivity contribution in [1.82, 2.24) is 0 Å². The Morgan fingerprint density at radius 3 is 2.27 bits per heavy atom. The van der Waals surface area contributed by atoms with Crippen molar-refractivity contribution >= 4 is 35.0 Å². The summed E-state index contributed by atoms with van der Waals surface area (Å²) < 4.78 is 4.88. The van der Waals surface area contributed by atoms with Gasteiger partial charge in [-0.1, -0.05) is 37.0 Å². The van der Waals surface area contributed by atoms with Gasteiger partial charge in [0.25, 0.3) is 0 Å². The standard InChI is InChI=1S/C10H14Cl2O3/c1-4-15-9(14)6-5(10(6,2)3)7(13)8(11)12/h5-6,8H,4H2,1-3H3. The molecule has 0 spiro atoms. The quantitative estimate of drug-likeness (QED) is 0.569. The topological polar surface area (TPSA) is 43.4 Å². The second kappa shape index (κ2) is 4.30. The van der Waals surface area contributed by atoms with Gasteiger partial charge < -0.3 is 4.74 Å². The summed E-state index contributed by atoms with van der Waals surface area (Å²) in [7, 11) is 0. The summed E-state index contributed by atoms with van der Waals surface area (Å²) in [4.78, 5) is 22.0. The molecule has 1 rings (SSSR count). The van der Waals surface area contributed by atoms with Gasteiger partial charge in [0.15, 0.2) is 10.6 Å². The third-order valence-electron chi connectivity index (χ3n) is 2.89. The van der Waals surface area contributed by atoms with Crippen LogP contribution in [0.3, 0.4) is 0 Å². The first-order valence-corrected chi connectivity index (χ1v) is 5.69. The molecule has 2 unspecified atom stereocenters. The molecule has 0 aliphatic heterocycles. The molecule has 0 N–H and O–H groups in total. The first-order valence-electron chi connectivity index (χ1n) is 4.82. The second-order valence-corrected chi connectivity index (χ2v) is 5.33. The highest BCUT2D eigenvalue weighted by Gasteiger charge is 2.66. The Morgan fingerprint density at radius 2 is 1.87 bits per heavy atom. The molecule has 0 heterocycles. The highest BCUT2D eigenvalue weighted by atomic mass is 35.5. The maximum absolute atomic E-state index is 11.6. The van der Waals surface area contributed by atoms with Gasteiger partial charge in [-0.3, -0.25) is 9.59 Å². The SMILES string of the molecule is CCOC(=O)C1C(C(=O)C(Cl)Cl)C1(C)C. The van der Waals surface area contributed by atoms with Crippen molar-refractivity contribution in [3.8, 4) is 0 Å². The Morgan fingerprint density at radius 1 is 1.33 bits per heavy atom. The number of hydrogen-bond acceptors (Lipinski definition) is 3. The zero-order valence-corrected chi connectivity index (χ0v) is 10.4.